The lowest BCUT2D eigenvalue weighted by Gasteiger charge is -2.21. The minimum absolute atomic E-state index is 0.0139. The van der Waals surface area contributed by atoms with Crippen molar-refractivity contribution in [3.05, 3.63) is 49.1 Å². The third-order valence-electron chi connectivity index (χ3n) is 5.19. The van der Waals surface area contributed by atoms with E-state index in [2.05, 4.69) is 34.1 Å². The highest BCUT2D eigenvalue weighted by molar-refractivity contribution is 5.90. The van der Waals surface area contributed by atoms with Crippen molar-refractivity contribution in [2.45, 2.75) is 26.3 Å². The molecule has 1 aromatic carbocycles. The third-order valence-corrected chi connectivity index (χ3v) is 5.19. The molecule has 4 aromatic rings. The van der Waals surface area contributed by atoms with E-state index in [1.54, 1.807) is 21.7 Å². The van der Waals surface area contributed by atoms with Crippen LogP contribution in [0.15, 0.2) is 49.1 Å². The van der Waals surface area contributed by atoms with Gasteiger partial charge in [0, 0.05) is 17.3 Å². The maximum Gasteiger partial charge on any atom is 0.415 e. The zero-order valence-electron chi connectivity index (χ0n) is 16.7. The van der Waals surface area contributed by atoms with E-state index in [4.69, 9.17) is 9.72 Å². The van der Waals surface area contributed by atoms with Gasteiger partial charge in [0.2, 0.25) is 0 Å². The number of aromatic amines is 1. The molecule has 1 amide bonds. The fourth-order valence-corrected chi connectivity index (χ4v) is 3.81. The van der Waals surface area contributed by atoms with Crippen LogP contribution in [0.5, 0.6) is 0 Å². The number of cyclic esters (lactones) is 1. The number of fused-ring (bicyclic) bond motifs is 1. The predicted octanol–water partition coefficient (Wildman–Crippen LogP) is 3.55. The number of ether oxygens (including phenoxy) is 1. The number of rotatable bonds is 5. The summed E-state index contributed by atoms with van der Waals surface area (Å²) in [5.41, 5.74) is 3.48. The average Bonchev–Trinajstić information content (AvgIpc) is 3.48. The molecular formula is C21H21N7O2. The van der Waals surface area contributed by atoms with Crippen molar-refractivity contribution in [2.75, 3.05) is 11.5 Å². The highest BCUT2D eigenvalue weighted by Crippen LogP contribution is 2.29. The zero-order chi connectivity index (χ0) is 20.7. The maximum absolute atomic E-state index is 12.4. The fourth-order valence-electron chi connectivity index (χ4n) is 3.81. The Bertz CT molecular complexity index is 1180. The molecule has 4 heterocycles. The van der Waals surface area contributed by atoms with Crippen LogP contribution in [0.3, 0.4) is 0 Å². The number of carbonyl (C=O) groups excluding carboxylic acids is 1. The summed E-state index contributed by atoms with van der Waals surface area (Å²) in [6.07, 6.45) is 5.59. The Labute approximate surface area is 172 Å². The molecule has 0 bridgehead atoms. The molecule has 1 atom stereocenters. The number of nitrogens with zero attached hydrogens (tertiary/aromatic N) is 6. The van der Waals surface area contributed by atoms with Crippen LogP contribution in [-0.2, 0) is 4.74 Å². The lowest BCUT2D eigenvalue weighted by atomic mass is 10.0. The standard InChI is InChI=1S/C21H21N7O2/c1-13(2)9-16-11-30-21(29)28(16)18-7-8-27-20(25-18)17(10-24-27)14-3-5-15(6-4-14)19-22-12-23-26-19/h3-8,10,12-13,16H,9,11H2,1-2H3,(H,22,23,26). The van der Waals surface area contributed by atoms with Gasteiger partial charge >= 0.3 is 6.09 Å². The lowest BCUT2D eigenvalue weighted by Crippen LogP contribution is -2.35. The molecule has 1 unspecified atom stereocenters. The van der Waals surface area contributed by atoms with Gasteiger partial charge in [-0.1, -0.05) is 38.1 Å². The number of hydrogen-bond acceptors (Lipinski definition) is 6. The number of aromatic nitrogens is 6. The van der Waals surface area contributed by atoms with Gasteiger partial charge in [0.05, 0.1) is 12.2 Å². The molecule has 1 N–H and O–H groups in total. The molecule has 1 aliphatic heterocycles. The first kappa shape index (κ1) is 18.3. The van der Waals surface area contributed by atoms with Crippen LogP contribution < -0.4 is 4.90 Å². The van der Waals surface area contributed by atoms with Crippen molar-refractivity contribution in [2.24, 2.45) is 5.92 Å². The molecule has 9 nitrogen and oxygen atoms in total. The Hall–Kier alpha value is -3.75. The maximum atomic E-state index is 12.4. The van der Waals surface area contributed by atoms with E-state index in [9.17, 15) is 4.79 Å². The van der Waals surface area contributed by atoms with Gasteiger partial charge in [0.25, 0.3) is 0 Å². The Morgan fingerprint density at radius 3 is 2.73 bits per heavy atom. The van der Waals surface area contributed by atoms with Crippen LogP contribution in [0, 0.1) is 5.92 Å². The molecule has 0 saturated carbocycles. The number of hydrogen-bond donors (Lipinski definition) is 1. The van der Waals surface area contributed by atoms with E-state index >= 15 is 0 Å². The molecule has 0 radical (unpaired) electrons. The Morgan fingerprint density at radius 2 is 2.00 bits per heavy atom. The van der Waals surface area contributed by atoms with Gasteiger partial charge in [-0.05, 0) is 24.0 Å². The molecule has 9 heteroatoms. The number of anilines is 1. The summed E-state index contributed by atoms with van der Waals surface area (Å²) in [6, 6.07) is 9.72. The second-order valence-electron chi connectivity index (χ2n) is 7.75. The second kappa shape index (κ2) is 7.25. The van der Waals surface area contributed by atoms with Crippen molar-refractivity contribution in [1.82, 2.24) is 29.8 Å². The highest BCUT2D eigenvalue weighted by atomic mass is 16.6. The van der Waals surface area contributed by atoms with E-state index < -0.39 is 0 Å². The Balaban J connectivity index is 1.51. The molecule has 3 aromatic heterocycles. The van der Waals surface area contributed by atoms with Crippen LogP contribution in [0.1, 0.15) is 20.3 Å². The molecule has 152 valence electrons. The van der Waals surface area contributed by atoms with Crippen LogP contribution in [-0.4, -0.2) is 48.5 Å². The van der Waals surface area contributed by atoms with E-state index in [1.807, 2.05) is 30.5 Å². The largest absolute Gasteiger partial charge is 0.447 e. The molecule has 1 aliphatic rings. The predicted molar refractivity (Wildman–Crippen MR) is 111 cm³/mol. The van der Waals surface area contributed by atoms with Crippen molar-refractivity contribution in [1.29, 1.82) is 0 Å². The molecule has 0 spiro atoms. The van der Waals surface area contributed by atoms with Gasteiger partial charge in [-0.3, -0.25) is 10.00 Å². The number of carbonyl (C=O) groups is 1. The van der Waals surface area contributed by atoms with Crippen molar-refractivity contribution in [3.63, 3.8) is 0 Å². The summed E-state index contributed by atoms with van der Waals surface area (Å²) < 4.78 is 7.01. The molecule has 1 saturated heterocycles. The van der Waals surface area contributed by atoms with E-state index in [0.29, 0.717) is 29.8 Å². The number of benzene rings is 1. The first-order valence-electron chi connectivity index (χ1n) is 9.86. The summed E-state index contributed by atoms with van der Waals surface area (Å²) >= 11 is 0. The highest BCUT2D eigenvalue weighted by Gasteiger charge is 2.35. The summed E-state index contributed by atoms with van der Waals surface area (Å²) in [6.45, 7) is 4.66. The van der Waals surface area contributed by atoms with E-state index in [1.165, 1.54) is 6.33 Å². The first-order chi connectivity index (χ1) is 14.6. The zero-order valence-corrected chi connectivity index (χ0v) is 16.7. The summed E-state index contributed by atoms with van der Waals surface area (Å²) in [7, 11) is 0. The smallest absolute Gasteiger partial charge is 0.415 e. The average molecular weight is 403 g/mol. The van der Waals surface area contributed by atoms with Crippen molar-refractivity contribution in [3.8, 4) is 22.5 Å². The van der Waals surface area contributed by atoms with Crippen LogP contribution in [0.25, 0.3) is 28.2 Å². The second-order valence-corrected chi connectivity index (χ2v) is 7.75. The van der Waals surface area contributed by atoms with Crippen LogP contribution in [0.2, 0.25) is 0 Å². The van der Waals surface area contributed by atoms with E-state index in [0.717, 1.165) is 23.1 Å². The van der Waals surface area contributed by atoms with Gasteiger partial charge in [0.1, 0.15) is 18.8 Å². The SMILES string of the molecule is CC(C)CC1COC(=O)N1c1ccn2ncc(-c3ccc(-c4ncn[nH]4)cc3)c2n1. The first-order valence-corrected chi connectivity index (χ1v) is 9.86. The monoisotopic (exact) mass is 403 g/mol. The summed E-state index contributed by atoms with van der Waals surface area (Å²) in [5.74, 6) is 1.74. The third kappa shape index (κ3) is 3.18. The van der Waals surface area contributed by atoms with Gasteiger partial charge in [-0.15, -0.1) is 0 Å². The fraction of sp³-hybridized carbons (Fsp3) is 0.286. The molecule has 1 fully saturated rings. The van der Waals surface area contributed by atoms with Crippen molar-refractivity contribution >= 4 is 17.6 Å². The van der Waals surface area contributed by atoms with Crippen LogP contribution >= 0.6 is 0 Å². The summed E-state index contributed by atoms with van der Waals surface area (Å²) in [5, 5.41) is 11.2. The minimum atomic E-state index is -0.352. The Kier molecular flexibility index (Phi) is 4.42. The normalized spacial score (nSPS) is 16.6. The molecular weight excluding hydrogens is 382 g/mol. The number of amides is 1. The Morgan fingerprint density at radius 1 is 1.20 bits per heavy atom. The molecule has 30 heavy (non-hydrogen) atoms. The van der Waals surface area contributed by atoms with Gasteiger partial charge in [-0.25, -0.2) is 19.3 Å². The summed E-state index contributed by atoms with van der Waals surface area (Å²) in [4.78, 5) is 23.0. The van der Waals surface area contributed by atoms with Gasteiger partial charge in [0.15, 0.2) is 11.5 Å². The number of H-pyrrole nitrogens is 1. The topological polar surface area (TPSA) is 101 Å². The minimum Gasteiger partial charge on any atom is -0.447 e. The van der Waals surface area contributed by atoms with Crippen molar-refractivity contribution < 1.29 is 9.53 Å². The molecule has 0 aliphatic carbocycles. The van der Waals surface area contributed by atoms with Gasteiger partial charge in [-0.2, -0.15) is 10.2 Å². The molecule has 5 rings (SSSR count). The lowest BCUT2D eigenvalue weighted by molar-refractivity contribution is 0.178. The number of nitrogens with one attached hydrogen (secondary N) is 1. The van der Waals surface area contributed by atoms with Gasteiger partial charge < -0.3 is 4.74 Å². The van der Waals surface area contributed by atoms with Crippen LogP contribution in [0.4, 0.5) is 10.6 Å². The quantitative estimate of drug-likeness (QED) is 0.547. The van der Waals surface area contributed by atoms with E-state index in [-0.39, 0.29) is 12.1 Å².